The summed E-state index contributed by atoms with van der Waals surface area (Å²) in [6.07, 6.45) is 0. The summed E-state index contributed by atoms with van der Waals surface area (Å²) in [7, 11) is -4.17. The Morgan fingerprint density at radius 2 is 1.29 bits per heavy atom. The maximum absolute atomic E-state index is 8.97. The molecule has 0 unspecified atom stereocenters. The predicted octanol–water partition coefficient (Wildman–Crippen LogP) is -1.26. The first-order valence-electron chi connectivity index (χ1n) is 0.752. The molecule has 0 aliphatic rings. The molecule has 0 aliphatic carbocycles. The fraction of sp³-hybridized carbons (Fsp3) is 0. The minimum Gasteiger partial charge on any atom is -0.274 e. The maximum Gasteiger partial charge on any atom is 0.330 e. The molecule has 0 heterocycles. The van der Waals surface area contributed by atoms with Crippen LogP contribution in [-0.4, -0.2) is 13.0 Å². The molecule has 4 nitrogen and oxygen atoms in total. The summed E-state index contributed by atoms with van der Waals surface area (Å²) in [6, 6.07) is 0. The van der Waals surface area contributed by atoms with E-state index < -0.39 is 10.3 Å². The summed E-state index contributed by atoms with van der Waals surface area (Å²) in [5.41, 5.74) is 0. The minimum atomic E-state index is -4.17. The average Bonchev–Trinajstić information content (AvgIpc) is 0.722. The van der Waals surface area contributed by atoms with E-state index in [9.17, 15) is 0 Å². The summed E-state index contributed by atoms with van der Waals surface area (Å²) in [4.78, 5) is 0. The zero-order valence-corrected chi connectivity index (χ0v) is 5.55. The van der Waals surface area contributed by atoms with E-state index in [1.165, 1.54) is 0 Å². The van der Waals surface area contributed by atoms with Crippen LogP contribution in [0.5, 0.6) is 0 Å². The van der Waals surface area contributed by atoms with Gasteiger partial charge in [-0.25, -0.2) is 5.14 Å². The van der Waals surface area contributed by atoms with Crippen LogP contribution >= 0.6 is 0 Å². The number of hydrogen-bond acceptors (Lipinski definition) is 2. The van der Waals surface area contributed by atoms with Crippen molar-refractivity contribution in [3.63, 3.8) is 0 Å². The van der Waals surface area contributed by atoms with Crippen molar-refractivity contribution in [1.82, 2.24) is 0 Å². The van der Waals surface area contributed by atoms with Crippen LogP contribution in [0.1, 0.15) is 0 Å². The molecule has 54 valence electrons. The number of nitrogens with two attached hydrogens (primary N) is 1. The third kappa shape index (κ3) is 202. The molecule has 0 spiro atoms. The Hall–Kier alpha value is 0.909. The van der Waals surface area contributed by atoms with Crippen LogP contribution in [0.3, 0.4) is 0 Å². The molecule has 0 bridgehead atoms. The third-order valence-electron chi connectivity index (χ3n) is 0. The Morgan fingerprint density at radius 1 is 1.29 bits per heavy atom. The fourth-order valence-electron chi connectivity index (χ4n) is 0. The average molecular weight is 224 g/mol. The van der Waals surface area contributed by atoms with Gasteiger partial charge in [-0.2, -0.15) is 8.42 Å². The molecule has 2 radical (unpaired) electrons. The molecule has 0 fully saturated rings. The molecular formula is H3Cu2NO3S. The quantitative estimate of drug-likeness (QED) is 0.398. The van der Waals surface area contributed by atoms with Crippen LogP contribution in [0.2, 0.25) is 0 Å². The van der Waals surface area contributed by atoms with E-state index in [4.69, 9.17) is 13.0 Å². The number of hydrogen-bond donors (Lipinski definition) is 2. The van der Waals surface area contributed by atoms with Crippen molar-refractivity contribution in [3.8, 4) is 0 Å². The van der Waals surface area contributed by atoms with Gasteiger partial charge in [-0.1, -0.05) is 0 Å². The Balaban J connectivity index is -0.0000000800. The maximum atomic E-state index is 8.97. The molecule has 0 aromatic carbocycles. The van der Waals surface area contributed by atoms with Crippen molar-refractivity contribution in [1.29, 1.82) is 0 Å². The molecule has 0 saturated heterocycles. The van der Waals surface area contributed by atoms with Gasteiger partial charge in [0.25, 0.3) is 0 Å². The molecular weight excluding hydrogens is 221 g/mol. The zero-order chi connectivity index (χ0) is 4.50. The second-order valence-corrected chi connectivity index (χ2v) is 1.54. The second-order valence-electron chi connectivity index (χ2n) is 0.515. The van der Waals surface area contributed by atoms with Gasteiger partial charge in [-0.15, -0.1) is 0 Å². The SMILES string of the molecule is NS(=O)(=O)O.[Cu].[Cu]. The standard InChI is InChI=1S/2Cu.H3NO3S/c;;1-5(2,3)4/h;;(H3,1,2,3,4). The van der Waals surface area contributed by atoms with Gasteiger partial charge in [0.2, 0.25) is 0 Å². The van der Waals surface area contributed by atoms with E-state index in [0.29, 0.717) is 0 Å². The van der Waals surface area contributed by atoms with Gasteiger partial charge in [-0.3, -0.25) is 4.55 Å². The molecule has 0 saturated carbocycles. The minimum absolute atomic E-state index is 0. The Labute approximate surface area is 62.7 Å². The van der Waals surface area contributed by atoms with Gasteiger partial charge in [0, 0.05) is 34.1 Å². The first-order chi connectivity index (χ1) is 2.00. The first kappa shape index (κ1) is 15.7. The molecule has 0 atom stereocenters. The van der Waals surface area contributed by atoms with Gasteiger partial charge >= 0.3 is 10.3 Å². The van der Waals surface area contributed by atoms with Crippen LogP contribution in [0, 0.1) is 0 Å². The predicted molar refractivity (Wildman–Crippen MR) is 15.7 cm³/mol. The topological polar surface area (TPSA) is 80.4 Å². The van der Waals surface area contributed by atoms with Crippen molar-refractivity contribution in [2.75, 3.05) is 0 Å². The molecule has 0 aromatic heterocycles. The largest absolute Gasteiger partial charge is 0.330 e. The van der Waals surface area contributed by atoms with Crippen molar-refractivity contribution < 1.29 is 47.1 Å². The van der Waals surface area contributed by atoms with Crippen LogP contribution in [0.25, 0.3) is 0 Å². The van der Waals surface area contributed by atoms with Gasteiger partial charge in [-0.05, 0) is 0 Å². The van der Waals surface area contributed by atoms with E-state index in [1.54, 1.807) is 0 Å². The Bertz CT molecular complexity index is 96.1. The summed E-state index contributed by atoms with van der Waals surface area (Å²) >= 11 is 0. The molecule has 7 heteroatoms. The summed E-state index contributed by atoms with van der Waals surface area (Å²) < 4.78 is 25.2. The third-order valence-corrected chi connectivity index (χ3v) is 0. The second kappa shape index (κ2) is 5.05. The smallest absolute Gasteiger partial charge is 0.274 e. The van der Waals surface area contributed by atoms with E-state index in [0.717, 1.165) is 0 Å². The van der Waals surface area contributed by atoms with Crippen LogP contribution in [-0.2, 0) is 44.4 Å². The molecule has 0 aliphatic heterocycles. The fourth-order valence-corrected chi connectivity index (χ4v) is 0. The molecule has 0 amide bonds. The summed E-state index contributed by atoms with van der Waals surface area (Å²) in [5, 5.41) is 3.88. The van der Waals surface area contributed by atoms with E-state index in [1.807, 2.05) is 0 Å². The Kier molecular flexibility index (Phi) is 11.3. The van der Waals surface area contributed by atoms with Crippen molar-refractivity contribution >= 4 is 10.3 Å². The monoisotopic (exact) mass is 223 g/mol. The van der Waals surface area contributed by atoms with Crippen molar-refractivity contribution in [2.24, 2.45) is 5.14 Å². The normalized spacial score (nSPS) is 8.29. The zero-order valence-electron chi connectivity index (χ0n) is 2.85. The van der Waals surface area contributed by atoms with Crippen molar-refractivity contribution in [2.45, 2.75) is 0 Å². The molecule has 3 N–H and O–H groups in total. The van der Waals surface area contributed by atoms with Crippen LogP contribution in [0.4, 0.5) is 0 Å². The van der Waals surface area contributed by atoms with E-state index in [2.05, 4.69) is 5.14 Å². The van der Waals surface area contributed by atoms with Crippen LogP contribution < -0.4 is 5.14 Å². The Morgan fingerprint density at radius 3 is 1.29 bits per heavy atom. The van der Waals surface area contributed by atoms with Gasteiger partial charge in [0.15, 0.2) is 0 Å². The van der Waals surface area contributed by atoms with E-state index in [-0.39, 0.29) is 34.1 Å². The summed E-state index contributed by atoms with van der Waals surface area (Å²) in [6.45, 7) is 0. The van der Waals surface area contributed by atoms with Gasteiger partial charge < -0.3 is 0 Å². The first-order valence-corrected chi connectivity index (χ1v) is 2.25. The van der Waals surface area contributed by atoms with Crippen LogP contribution in [0.15, 0.2) is 0 Å². The van der Waals surface area contributed by atoms with E-state index >= 15 is 0 Å². The summed E-state index contributed by atoms with van der Waals surface area (Å²) in [5.74, 6) is 0. The molecule has 0 rings (SSSR count). The van der Waals surface area contributed by atoms with Gasteiger partial charge in [0.05, 0.1) is 0 Å². The van der Waals surface area contributed by atoms with Crippen molar-refractivity contribution in [3.05, 3.63) is 0 Å². The number of rotatable bonds is 0. The molecule has 7 heavy (non-hydrogen) atoms. The van der Waals surface area contributed by atoms with Gasteiger partial charge in [0.1, 0.15) is 0 Å². The molecule has 0 aromatic rings.